The number of carbonyl (C=O) groups excluding carboxylic acids is 1. The average Bonchev–Trinajstić information content (AvgIpc) is 3.27. The minimum Gasteiger partial charge on any atom is -0.354 e. The van der Waals surface area contributed by atoms with Gasteiger partial charge >= 0.3 is 0 Å². The molecule has 0 aromatic heterocycles. The highest BCUT2D eigenvalue weighted by atomic mass is 35.5. The topological polar surface area (TPSA) is 55.1 Å². The van der Waals surface area contributed by atoms with E-state index in [0.29, 0.717) is 12.5 Å². The number of nitrogens with two attached hydrogens (primary N) is 1. The highest BCUT2D eigenvalue weighted by Crippen LogP contribution is 2.31. The quantitative estimate of drug-likeness (QED) is 0.813. The first-order valence-corrected chi connectivity index (χ1v) is 7.30. The summed E-state index contributed by atoms with van der Waals surface area (Å²) in [7, 11) is 0. The van der Waals surface area contributed by atoms with Gasteiger partial charge < -0.3 is 11.1 Å². The summed E-state index contributed by atoms with van der Waals surface area (Å²) < 4.78 is 0. The summed E-state index contributed by atoms with van der Waals surface area (Å²) in [6, 6.07) is 10.1. The first-order chi connectivity index (χ1) is 9.22. The van der Waals surface area contributed by atoms with Crippen LogP contribution in [0.25, 0.3) is 0 Å². The maximum Gasteiger partial charge on any atom is 0.227 e. The summed E-state index contributed by atoms with van der Waals surface area (Å²) in [6.07, 6.45) is 4.32. The minimum absolute atomic E-state index is 0. The van der Waals surface area contributed by atoms with E-state index in [4.69, 9.17) is 5.73 Å². The molecule has 1 amide bonds. The van der Waals surface area contributed by atoms with Crippen molar-refractivity contribution < 1.29 is 4.79 Å². The average molecular weight is 297 g/mol. The zero-order valence-corrected chi connectivity index (χ0v) is 12.9. The summed E-state index contributed by atoms with van der Waals surface area (Å²) in [5.41, 5.74) is 7.12. The third-order valence-electron chi connectivity index (χ3n) is 3.84. The van der Waals surface area contributed by atoms with Crippen LogP contribution in [0.1, 0.15) is 44.1 Å². The lowest BCUT2D eigenvalue weighted by atomic mass is 9.93. The monoisotopic (exact) mass is 296 g/mol. The Morgan fingerprint density at radius 2 is 2.00 bits per heavy atom. The molecular formula is C16H25ClN2O. The van der Waals surface area contributed by atoms with E-state index in [-0.39, 0.29) is 30.3 Å². The van der Waals surface area contributed by atoms with Crippen molar-refractivity contribution in [3.05, 3.63) is 35.9 Å². The molecule has 0 radical (unpaired) electrons. The van der Waals surface area contributed by atoms with Crippen molar-refractivity contribution in [1.82, 2.24) is 5.32 Å². The summed E-state index contributed by atoms with van der Waals surface area (Å²) in [5.74, 6) is 0.698. The van der Waals surface area contributed by atoms with Crippen LogP contribution in [-0.2, 0) is 4.79 Å². The number of amides is 1. The largest absolute Gasteiger partial charge is 0.354 e. The second-order valence-electron chi connectivity index (χ2n) is 5.50. The predicted octanol–water partition coefficient (Wildman–Crippen LogP) is 2.85. The molecule has 0 saturated heterocycles. The molecule has 3 N–H and O–H groups in total. The Morgan fingerprint density at radius 1 is 1.35 bits per heavy atom. The fourth-order valence-electron chi connectivity index (χ4n) is 2.46. The number of benzene rings is 1. The van der Waals surface area contributed by atoms with Crippen molar-refractivity contribution in [3.63, 3.8) is 0 Å². The van der Waals surface area contributed by atoms with E-state index >= 15 is 0 Å². The first-order valence-electron chi connectivity index (χ1n) is 7.30. The van der Waals surface area contributed by atoms with Gasteiger partial charge in [0, 0.05) is 12.6 Å². The number of nitrogens with one attached hydrogen (secondary N) is 1. The van der Waals surface area contributed by atoms with Gasteiger partial charge in [-0.25, -0.2) is 0 Å². The Bertz CT molecular complexity index is 406. The molecule has 0 aliphatic heterocycles. The lowest BCUT2D eigenvalue weighted by Crippen LogP contribution is -2.40. The molecule has 112 valence electrons. The molecule has 1 saturated carbocycles. The molecule has 1 aliphatic rings. The van der Waals surface area contributed by atoms with Crippen LogP contribution in [0.2, 0.25) is 0 Å². The normalized spacial score (nSPS) is 16.9. The molecule has 2 unspecified atom stereocenters. The lowest BCUT2D eigenvalue weighted by Gasteiger charge is -2.18. The zero-order valence-electron chi connectivity index (χ0n) is 12.0. The maximum absolute atomic E-state index is 12.3. The van der Waals surface area contributed by atoms with E-state index in [9.17, 15) is 4.79 Å². The molecule has 2 atom stereocenters. The predicted molar refractivity (Wildman–Crippen MR) is 85.0 cm³/mol. The van der Waals surface area contributed by atoms with Crippen molar-refractivity contribution in [2.75, 3.05) is 6.54 Å². The molecular weight excluding hydrogens is 272 g/mol. The minimum atomic E-state index is -0.0439. The van der Waals surface area contributed by atoms with Crippen LogP contribution in [0.3, 0.4) is 0 Å². The van der Waals surface area contributed by atoms with Gasteiger partial charge in [0.15, 0.2) is 0 Å². The standard InChI is InChI=1S/C16H24N2O.ClH/c1-2-6-14(12-7-4-3-5-8-12)16(19)18-11-15(17)13-9-10-13;/h3-5,7-8,13-15H,2,6,9-11,17H2,1H3,(H,18,19);1H. The molecule has 2 rings (SSSR count). The van der Waals surface area contributed by atoms with Gasteiger partial charge in [0.25, 0.3) is 0 Å². The molecule has 4 heteroatoms. The maximum atomic E-state index is 12.3. The third kappa shape index (κ3) is 4.80. The van der Waals surface area contributed by atoms with Crippen LogP contribution >= 0.6 is 12.4 Å². The highest BCUT2D eigenvalue weighted by Gasteiger charge is 2.29. The Morgan fingerprint density at radius 3 is 2.55 bits per heavy atom. The summed E-state index contributed by atoms with van der Waals surface area (Å²) in [5, 5.41) is 3.02. The van der Waals surface area contributed by atoms with E-state index in [2.05, 4.69) is 12.2 Å². The number of rotatable bonds is 7. The Kier molecular flexibility index (Phi) is 7.03. The van der Waals surface area contributed by atoms with E-state index < -0.39 is 0 Å². The highest BCUT2D eigenvalue weighted by molar-refractivity contribution is 5.85. The van der Waals surface area contributed by atoms with E-state index in [1.54, 1.807) is 0 Å². The summed E-state index contributed by atoms with van der Waals surface area (Å²) in [6.45, 7) is 2.72. The molecule has 0 spiro atoms. The molecule has 20 heavy (non-hydrogen) atoms. The van der Waals surface area contributed by atoms with Crippen LogP contribution < -0.4 is 11.1 Å². The fourth-order valence-corrected chi connectivity index (χ4v) is 2.46. The Balaban J connectivity index is 0.00000200. The summed E-state index contributed by atoms with van der Waals surface area (Å²) in [4.78, 5) is 12.3. The smallest absolute Gasteiger partial charge is 0.227 e. The lowest BCUT2D eigenvalue weighted by molar-refractivity contribution is -0.122. The van der Waals surface area contributed by atoms with Crippen molar-refractivity contribution in [1.29, 1.82) is 0 Å². The second kappa shape index (κ2) is 8.28. The molecule has 3 nitrogen and oxygen atoms in total. The molecule has 1 aromatic carbocycles. The SMILES string of the molecule is CCCC(C(=O)NCC(N)C1CC1)c1ccccc1.Cl. The molecule has 0 heterocycles. The van der Waals surface area contributed by atoms with Gasteiger partial charge in [-0.05, 0) is 30.7 Å². The van der Waals surface area contributed by atoms with Gasteiger partial charge in [-0.15, -0.1) is 12.4 Å². The molecule has 1 aromatic rings. The van der Waals surface area contributed by atoms with Crippen LogP contribution in [0.4, 0.5) is 0 Å². The molecule has 0 bridgehead atoms. The Hall–Kier alpha value is -1.06. The second-order valence-corrected chi connectivity index (χ2v) is 5.50. The van der Waals surface area contributed by atoms with Crippen LogP contribution in [0, 0.1) is 5.92 Å². The van der Waals surface area contributed by atoms with Gasteiger partial charge in [-0.3, -0.25) is 4.79 Å². The number of carbonyl (C=O) groups is 1. The fraction of sp³-hybridized carbons (Fsp3) is 0.562. The van der Waals surface area contributed by atoms with E-state index in [0.717, 1.165) is 18.4 Å². The van der Waals surface area contributed by atoms with Crippen LogP contribution in [-0.4, -0.2) is 18.5 Å². The van der Waals surface area contributed by atoms with Crippen molar-refractivity contribution >= 4 is 18.3 Å². The van der Waals surface area contributed by atoms with Gasteiger partial charge in [0.05, 0.1) is 5.92 Å². The van der Waals surface area contributed by atoms with Crippen molar-refractivity contribution in [2.45, 2.75) is 44.6 Å². The van der Waals surface area contributed by atoms with Crippen molar-refractivity contribution in [3.8, 4) is 0 Å². The third-order valence-corrected chi connectivity index (χ3v) is 3.84. The zero-order chi connectivity index (χ0) is 13.7. The van der Waals surface area contributed by atoms with E-state index in [1.807, 2.05) is 30.3 Å². The van der Waals surface area contributed by atoms with Crippen LogP contribution in [0.15, 0.2) is 30.3 Å². The van der Waals surface area contributed by atoms with Gasteiger partial charge in [0.2, 0.25) is 5.91 Å². The number of hydrogen-bond donors (Lipinski definition) is 2. The first kappa shape index (κ1) is 17.0. The van der Waals surface area contributed by atoms with Gasteiger partial charge in [-0.2, -0.15) is 0 Å². The Labute approximate surface area is 127 Å². The molecule has 1 aliphatic carbocycles. The van der Waals surface area contributed by atoms with Crippen molar-refractivity contribution in [2.24, 2.45) is 11.7 Å². The van der Waals surface area contributed by atoms with Crippen LogP contribution in [0.5, 0.6) is 0 Å². The number of hydrogen-bond acceptors (Lipinski definition) is 2. The van der Waals surface area contributed by atoms with Gasteiger partial charge in [0.1, 0.15) is 0 Å². The molecule has 1 fully saturated rings. The van der Waals surface area contributed by atoms with E-state index in [1.165, 1.54) is 12.8 Å². The van der Waals surface area contributed by atoms with Gasteiger partial charge in [-0.1, -0.05) is 43.7 Å². The number of halogens is 1. The summed E-state index contributed by atoms with van der Waals surface area (Å²) >= 11 is 0.